The average molecular weight is 498 g/mol. The molecule has 1 atom stereocenters. The van der Waals surface area contributed by atoms with Crippen LogP contribution in [-0.2, 0) is 26.2 Å². The van der Waals surface area contributed by atoms with Gasteiger partial charge in [-0.05, 0) is 44.4 Å². The fraction of sp³-hybridized carbons (Fsp3) is 0.423. The normalized spacial score (nSPS) is 18.1. The fourth-order valence-corrected chi connectivity index (χ4v) is 6.28. The second kappa shape index (κ2) is 10.2. The molecule has 1 heterocycles. The van der Waals surface area contributed by atoms with Gasteiger partial charge < -0.3 is 10.2 Å². The summed E-state index contributed by atoms with van der Waals surface area (Å²) in [5.41, 5.74) is 1.87. The van der Waals surface area contributed by atoms with E-state index in [1.54, 1.807) is 13.0 Å². The molecule has 1 saturated carbocycles. The number of rotatable bonds is 7. The van der Waals surface area contributed by atoms with Crippen LogP contribution in [0.4, 0.5) is 0 Å². The van der Waals surface area contributed by atoms with E-state index in [2.05, 4.69) is 5.32 Å². The van der Waals surface area contributed by atoms with Crippen molar-refractivity contribution < 1.29 is 22.8 Å². The highest BCUT2D eigenvalue weighted by Crippen LogP contribution is 2.30. The van der Waals surface area contributed by atoms with E-state index in [9.17, 15) is 22.8 Å². The molecule has 1 fully saturated rings. The van der Waals surface area contributed by atoms with Crippen molar-refractivity contribution in [3.63, 3.8) is 0 Å². The molecule has 1 N–H and O–H groups in total. The lowest BCUT2D eigenvalue weighted by atomic mass is 9.95. The van der Waals surface area contributed by atoms with Crippen LogP contribution < -0.4 is 5.32 Å². The van der Waals surface area contributed by atoms with Crippen LogP contribution in [0.2, 0.25) is 0 Å². The number of hydrogen-bond donors (Lipinski definition) is 1. The van der Waals surface area contributed by atoms with Crippen LogP contribution in [0.15, 0.2) is 53.4 Å². The monoisotopic (exact) mass is 497 g/mol. The zero-order chi connectivity index (χ0) is 25.2. The average Bonchev–Trinajstić information content (AvgIpc) is 3.03. The van der Waals surface area contributed by atoms with Crippen LogP contribution in [0.3, 0.4) is 0 Å². The third-order valence-corrected chi connectivity index (χ3v) is 8.53. The van der Waals surface area contributed by atoms with Gasteiger partial charge in [-0.3, -0.25) is 14.4 Å². The Balaban J connectivity index is 1.57. The van der Waals surface area contributed by atoms with Gasteiger partial charge in [0, 0.05) is 12.6 Å². The lowest BCUT2D eigenvalue weighted by Crippen LogP contribution is -2.52. The van der Waals surface area contributed by atoms with E-state index < -0.39 is 34.4 Å². The molecule has 0 aromatic heterocycles. The van der Waals surface area contributed by atoms with Crippen LogP contribution in [0, 0.1) is 6.92 Å². The van der Waals surface area contributed by atoms with E-state index in [1.807, 2.05) is 31.2 Å². The van der Waals surface area contributed by atoms with Crippen molar-refractivity contribution in [1.29, 1.82) is 0 Å². The summed E-state index contributed by atoms with van der Waals surface area (Å²) in [5.74, 6) is -1.62. The summed E-state index contributed by atoms with van der Waals surface area (Å²) in [4.78, 5) is 40.7. The Morgan fingerprint density at radius 3 is 2.49 bits per heavy atom. The van der Waals surface area contributed by atoms with Gasteiger partial charge in [0.1, 0.15) is 17.5 Å². The molecule has 0 unspecified atom stereocenters. The van der Waals surface area contributed by atoms with Gasteiger partial charge in [0.25, 0.3) is 15.9 Å². The Kier molecular flexibility index (Phi) is 7.25. The summed E-state index contributed by atoms with van der Waals surface area (Å²) < 4.78 is 26.6. The van der Waals surface area contributed by atoms with E-state index in [1.165, 1.54) is 23.1 Å². The third kappa shape index (κ3) is 5.24. The van der Waals surface area contributed by atoms with Crippen LogP contribution in [0.5, 0.6) is 0 Å². The molecular weight excluding hydrogens is 466 g/mol. The number of aryl methyl sites for hydroxylation is 1. The van der Waals surface area contributed by atoms with Gasteiger partial charge in [-0.25, -0.2) is 12.7 Å². The Morgan fingerprint density at radius 2 is 1.80 bits per heavy atom. The summed E-state index contributed by atoms with van der Waals surface area (Å²) in [7, 11) is -4.14. The molecule has 1 aliphatic carbocycles. The largest absolute Gasteiger partial charge is 0.352 e. The molecule has 2 aromatic carbocycles. The molecule has 2 aromatic rings. The number of fused-ring (bicyclic) bond motifs is 1. The number of nitrogens with one attached hydrogen (secondary N) is 1. The van der Waals surface area contributed by atoms with Crippen LogP contribution >= 0.6 is 0 Å². The molecule has 8 nitrogen and oxygen atoms in total. The predicted octanol–water partition coefficient (Wildman–Crippen LogP) is 3.01. The molecule has 3 amide bonds. The van der Waals surface area contributed by atoms with Gasteiger partial charge in [0.05, 0.1) is 5.56 Å². The van der Waals surface area contributed by atoms with Gasteiger partial charge in [-0.1, -0.05) is 61.2 Å². The second-order valence-electron chi connectivity index (χ2n) is 9.34. The molecule has 1 aliphatic heterocycles. The molecule has 0 spiro atoms. The maximum atomic E-state index is 13.5. The number of nitrogens with zero attached hydrogens (tertiary/aromatic N) is 2. The van der Waals surface area contributed by atoms with Gasteiger partial charge in [-0.15, -0.1) is 0 Å². The highest BCUT2D eigenvalue weighted by Gasteiger charge is 2.43. The molecule has 4 rings (SSSR count). The lowest BCUT2D eigenvalue weighted by Gasteiger charge is -2.32. The third-order valence-electron chi connectivity index (χ3n) is 6.75. The minimum absolute atomic E-state index is 0.0497. The Bertz CT molecular complexity index is 1240. The maximum absolute atomic E-state index is 13.5. The molecule has 2 aliphatic rings. The smallest absolute Gasteiger partial charge is 0.269 e. The number of amides is 3. The summed E-state index contributed by atoms with van der Waals surface area (Å²) in [6.07, 6.45) is 5.08. The van der Waals surface area contributed by atoms with Crippen molar-refractivity contribution in [2.24, 2.45) is 0 Å². The number of hydrogen-bond acceptors (Lipinski definition) is 5. The SMILES string of the molecule is Cc1cccc(CN(C(=O)CN2C(=O)c3ccccc3S2(=O)=O)[C@@H](C)C(=O)NC2CCCCC2)c1. The predicted molar refractivity (Wildman–Crippen MR) is 131 cm³/mol. The van der Waals surface area contributed by atoms with E-state index >= 15 is 0 Å². The van der Waals surface area contributed by atoms with Gasteiger partial charge in [-0.2, -0.15) is 0 Å². The van der Waals surface area contributed by atoms with Crippen LogP contribution in [0.25, 0.3) is 0 Å². The molecule has 0 saturated heterocycles. The summed E-state index contributed by atoms with van der Waals surface area (Å²) >= 11 is 0. The number of sulfonamides is 1. The summed E-state index contributed by atoms with van der Waals surface area (Å²) in [6.45, 7) is 3.03. The zero-order valence-electron chi connectivity index (χ0n) is 20.1. The molecule has 0 bridgehead atoms. The van der Waals surface area contributed by atoms with Crippen molar-refractivity contribution in [3.05, 3.63) is 65.2 Å². The standard InChI is InChI=1S/C26H31N3O5S/c1-18-9-8-10-20(15-18)16-28(19(2)25(31)27-21-11-4-3-5-12-21)24(30)17-29-26(32)22-13-6-7-14-23(22)35(29,33)34/h6-10,13-15,19,21H,3-5,11-12,16-17H2,1-2H3,(H,27,31)/t19-/m0/s1. The number of carbonyl (C=O) groups is 3. The fourth-order valence-electron chi connectivity index (χ4n) is 4.76. The molecular formula is C26H31N3O5S. The molecule has 9 heteroatoms. The molecule has 0 radical (unpaired) electrons. The number of benzene rings is 2. The molecule has 186 valence electrons. The lowest BCUT2D eigenvalue weighted by molar-refractivity contribution is -0.140. The van der Waals surface area contributed by atoms with Crippen molar-refractivity contribution in [1.82, 2.24) is 14.5 Å². The minimum Gasteiger partial charge on any atom is -0.352 e. The van der Waals surface area contributed by atoms with Crippen molar-refractivity contribution in [2.75, 3.05) is 6.54 Å². The topological polar surface area (TPSA) is 104 Å². The first-order chi connectivity index (χ1) is 16.7. The summed E-state index contributed by atoms with van der Waals surface area (Å²) in [6, 6.07) is 12.7. The first-order valence-electron chi connectivity index (χ1n) is 12.0. The first-order valence-corrected chi connectivity index (χ1v) is 13.4. The van der Waals surface area contributed by atoms with E-state index in [-0.39, 0.29) is 29.0 Å². The first kappa shape index (κ1) is 24.9. The quantitative estimate of drug-likeness (QED) is 0.633. The van der Waals surface area contributed by atoms with Gasteiger partial charge >= 0.3 is 0 Å². The molecule has 35 heavy (non-hydrogen) atoms. The van der Waals surface area contributed by atoms with E-state index in [0.29, 0.717) is 4.31 Å². The van der Waals surface area contributed by atoms with E-state index in [4.69, 9.17) is 0 Å². The Hall–Kier alpha value is -3.20. The Labute approximate surface area is 206 Å². The van der Waals surface area contributed by atoms with E-state index in [0.717, 1.165) is 43.2 Å². The minimum atomic E-state index is -4.14. The maximum Gasteiger partial charge on any atom is 0.269 e. The van der Waals surface area contributed by atoms with Crippen molar-refractivity contribution >= 4 is 27.7 Å². The van der Waals surface area contributed by atoms with Crippen LogP contribution in [-0.4, -0.2) is 54.0 Å². The highest BCUT2D eigenvalue weighted by molar-refractivity contribution is 7.90. The van der Waals surface area contributed by atoms with Gasteiger partial charge in [0.15, 0.2) is 0 Å². The zero-order valence-corrected chi connectivity index (χ0v) is 20.9. The van der Waals surface area contributed by atoms with Crippen molar-refractivity contribution in [3.8, 4) is 0 Å². The van der Waals surface area contributed by atoms with Crippen molar-refractivity contribution in [2.45, 2.75) is 69.5 Å². The number of carbonyl (C=O) groups excluding carboxylic acids is 3. The summed E-state index contributed by atoms with van der Waals surface area (Å²) in [5, 5.41) is 3.05. The van der Waals surface area contributed by atoms with Gasteiger partial charge in [0.2, 0.25) is 11.8 Å². The Morgan fingerprint density at radius 1 is 1.09 bits per heavy atom. The highest BCUT2D eigenvalue weighted by atomic mass is 32.2. The second-order valence-corrected chi connectivity index (χ2v) is 11.2. The van der Waals surface area contributed by atoms with Crippen LogP contribution in [0.1, 0.15) is 60.5 Å².